The summed E-state index contributed by atoms with van der Waals surface area (Å²) in [4.78, 5) is 11.9. The average molecular weight is 284 g/mol. The van der Waals surface area contributed by atoms with Crippen molar-refractivity contribution in [3.05, 3.63) is 70.5 Å². The molecule has 0 fully saturated rings. The number of nitrogens with zero attached hydrogens (tertiary/aromatic N) is 1. The molecule has 0 atom stereocenters. The van der Waals surface area contributed by atoms with Crippen LogP contribution in [0.1, 0.15) is 34.0 Å². The summed E-state index contributed by atoms with van der Waals surface area (Å²) >= 11 is 0. The molecule has 0 heterocycles. The minimum atomic E-state index is -0.447. The predicted octanol–water partition coefficient (Wildman–Crippen LogP) is 3.60. The normalized spacial score (nSPS) is 11.3. The number of aryl methyl sites for hydroxylation is 2. The summed E-state index contributed by atoms with van der Waals surface area (Å²) in [6.07, 6.45) is 0. The molecule has 0 radical (unpaired) electrons. The van der Waals surface area contributed by atoms with Gasteiger partial charge in [0.05, 0.1) is 5.71 Å². The Hall–Kier alpha value is -2.49. The van der Waals surface area contributed by atoms with Crippen LogP contribution in [0.25, 0.3) is 0 Å². The Kier molecular flexibility index (Phi) is 4.48. The maximum atomic E-state index is 13.1. The second-order valence-electron chi connectivity index (χ2n) is 4.95. The highest BCUT2D eigenvalue weighted by Crippen LogP contribution is 2.10. The van der Waals surface area contributed by atoms with Crippen LogP contribution in [-0.2, 0) is 0 Å². The van der Waals surface area contributed by atoms with Gasteiger partial charge in [-0.25, -0.2) is 9.82 Å². The Morgan fingerprint density at radius 3 is 2.48 bits per heavy atom. The van der Waals surface area contributed by atoms with Gasteiger partial charge in [-0.3, -0.25) is 4.79 Å². The lowest BCUT2D eigenvalue weighted by Crippen LogP contribution is -2.19. The standard InChI is InChI=1S/C17H17FN2O/c1-11-7-8-14(9-12(11)2)13(3)19-20-17(21)15-5-4-6-16(18)10-15/h4-10H,1-3H3,(H,20,21)/b19-13-. The topological polar surface area (TPSA) is 41.5 Å². The largest absolute Gasteiger partial charge is 0.271 e. The molecule has 1 N–H and O–H groups in total. The average Bonchev–Trinajstić information content (AvgIpc) is 2.47. The molecule has 2 aromatic carbocycles. The zero-order chi connectivity index (χ0) is 15.4. The number of hydrogen-bond acceptors (Lipinski definition) is 2. The van der Waals surface area contributed by atoms with E-state index in [1.54, 1.807) is 6.07 Å². The van der Waals surface area contributed by atoms with Crippen LogP contribution in [0.3, 0.4) is 0 Å². The molecule has 21 heavy (non-hydrogen) atoms. The van der Waals surface area contributed by atoms with Gasteiger partial charge in [0.25, 0.3) is 5.91 Å². The number of amides is 1. The lowest BCUT2D eigenvalue weighted by Gasteiger charge is -2.06. The second-order valence-corrected chi connectivity index (χ2v) is 4.95. The Bertz CT molecular complexity index is 708. The van der Waals surface area contributed by atoms with E-state index in [-0.39, 0.29) is 5.56 Å². The van der Waals surface area contributed by atoms with Gasteiger partial charge < -0.3 is 0 Å². The van der Waals surface area contributed by atoms with Gasteiger partial charge in [0.2, 0.25) is 0 Å². The molecular weight excluding hydrogens is 267 g/mol. The number of benzene rings is 2. The quantitative estimate of drug-likeness (QED) is 0.679. The number of carbonyl (C=O) groups is 1. The Labute approximate surface area is 123 Å². The van der Waals surface area contributed by atoms with E-state index in [0.29, 0.717) is 5.71 Å². The highest BCUT2D eigenvalue weighted by Gasteiger charge is 2.06. The van der Waals surface area contributed by atoms with Gasteiger partial charge in [-0.1, -0.05) is 18.2 Å². The fourth-order valence-electron chi connectivity index (χ4n) is 1.86. The van der Waals surface area contributed by atoms with Crippen molar-refractivity contribution in [3.8, 4) is 0 Å². The van der Waals surface area contributed by atoms with Crippen LogP contribution in [-0.4, -0.2) is 11.6 Å². The molecule has 0 aliphatic rings. The number of hydrogen-bond donors (Lipinski definition) is 1. The van der Waals surface area contributed by atoms with E-state index in [2.05, 4.69) is 10.5 Å². The van der Waals surface area contributed by atoms with E-state index in [4.69, 9.17) is 0 Å². The molecule has 0 saturated carbocycles. The van der Waals surface area contributed by atoms with Gasteiger partial charge in [0, 0.05) is 5.56 Å². The SMILES string of the molecule is C/C(=N/NC(=O)c1cccc(F)c1)c1ccc(C)c(C)c1. The van der Waals surface area contributed by atoms with Crippen LogP contribution in [0.15, 0.2) is 47.6 Å². The van der Waals surface area contributed by atoms with Crippen molar-refractivity contribution in [1.82, 2.24) is 5.43 Å². The molecule has 0 unspecified atom stereocenters. The summed E-state index contributed by atoms with van der Waals surface area (Å²) in [7, 11) is 0. The van der Waals surface area contributed by atoms with Crippen molar-refractivity contribution in [3.63, 3.8) is 0 Å². The molecule has 3 nitrogen and oxygen atoms in total. The molecule has 4 heteroatoms. The third-order valence-corrected chi connectivity index (χ3v) is 3.34. The summed E-state index contributed by atoms with van der Waals surface area (Å²) in [5, 5.41) is 4.07. The Morgan fingerprint density at radius 1 is 1.05 bits per heavy atom. The third-order valence-electron chi connectivity index (χ3n) is 3.34. The van der Waals surface area contributed by atoms with E-state index in [1.165, 1.54) is 29.3 Å². The minimum absolute atomic E-state index is 0.242. The summed E-state index contributed by atoms with van der Waals surface area (Å²) in [5.41, 5.74) is 6.69. The molecule has 0 aromatic heterocycles. The van der Waals surface area contributed by atoms with Crippen LogP contribution in [0, 0.1) is 19.7 Å². The molecule has 0 aliphatic heterocycles. The maximum Gasteiger partial charge on any atom is 0.271 e. The summed E-state index contributed by atoms with van der Waals surface area (Å²) in [6.45, 7) is 5.88. The molecule has 0 aliphatic carbocycles. The van der Waals surface area contributed by atoms with Gasteiger partial charge >= 0.3 is 0 Å². The number of halogens is 1. The van der Waals surface area contributed by atoms with Crippen molar-refractivity contribution in [2.45, 2.75) is 20.8 Å². The first-order chi connectivity index (χ1) is 9.97. The monoisotopic (exact) mass is 284 g/mol. The number of nitrogens with one attached hydrogen (secondary N) is 1. The highest BCUT2D eigenvalue weighted by atomic mass is 19.1. The van der Waals surface area contributed by atoms with Crippen LogP contribution in [0.2, 0.25) is 0 Å². The van der Waals surface area contributed by atoms with Gasteiger partial charge in [-0.2, -0.15) is 5.10 Å². The number of carbonyl (C=O) groups excluding carboxylic acids is 1. The molecule has 1 amide bonds. The Morgan fingerprint density at radius 2 is 1.81 bits per heavy atom. The van der Waals surface area contributed by atoms with E-state index in [1.807, 2.05) is 39.0 Å². The molecule has 0 saturated heterocycles. The van der Waals surface area contributed by atoms with E-state index in [0.717, 1.165) is 5.56 Å². The van der Waals surface area contributed by atoms with Crippen LogP contribution < -0.4 is 5.43 Å². The van der Waals surface area contributed by atoms with E-state index < -0.39 is 11.7 Å². The summed E-state index contributed by atoms with van der Waals surface area (Å²) in [6, 6.07) is 11.5. The fraction of sp³-hybridized carbons (Fsp3) is 0.176. The van der Waals surface area contributed by atoms with Crippen molar-refractivity contribution in [2.75, 3.05) is 0 Å². The first-order valence-electron chi connectivity index (χ1n) is 6.65. The van der Waals surface area contributed by atoms with Gasteiger partial charge in [-0.15, -0.1) is 0 Å². The molecule has 0 bridgehead atoms. The highest BCUT2D eigenvalue weighted by molar-refractivity contribution is 6.01. The smallest absolute Gasteiger partial charge is 0.267 e. The van der Waals surface area contributed by atoms with Gasteiger partial charge in [0.15, 0.2) is 0 Å². The number of rotatable bonds is 3. The Balaban J connectivity index is 2.13. The maximum absolute atomic E-state index is 13.1. The van der Waals surface area contributed by atoms with Crippen LogP contribution in [0.5, 0.6) is 0 Å². The van der Waals surface area contributed by atoms with Crippen LogP contribution in [0.4, 0.5) is 4.39 Å². The molecule has 2 rings (SSSR count). The van der Waals surface area contributed by atoms with Gasteiger partial charge in [-0.05, 0) is 61.7 Å². The predicted molar refractivity (Wildman–Crippen MR) is 82.0 cm³/mol. The molecule has 108 valence electrons. The summed E-state index contributed by atoms with van der Waals surface area (Å²) in [5.74, 6) is -0.879. The zero-order valence-corrected chi connectivity index (χ0v) is 12.3. The first kappa shape index (κ1) is 14.9. The minimum Gasteiger partial charge on any atom is -0.267 e. The zero-order valence-electron chi connectivity index (χ0n) is 12.3. The van der Waals surface area contributed by atoms with Crippen molar-refractivity contribution >= 4 is 11.6 Å². The molecule has 0 spiro atoms. The lowest BCUT2D eigenvalue weighted by molar-refractivity contribution is 0.0954. The van der Waals surface area contributed by atoms with Gasteiger partial charge in [0.1, 0.15) is 5.82 Å². The number of hydrazone groups is 1. The van der Waals surface area contributed by atoms with Crippen molar-refractivity contribution in [1.29, 1.82) is 0 Å². The van der Waals surface area contributed by atoms with Crippen molar-refractivity contribution < 1.29 is 9.18 Å². The summed E-state index contributed by atoms with van der Waals surface area (Å²) < 4.78 is 13.1. The molecular formula is C17H17FN2O. The fourth-order valence-corrected chi connectivity index (χ4v) is 1.86. The van der Waals surface area contributed by atoms with Crippen molar-refractivity contribution in [2.24, 2.45) is 5.10 Å². The first-order valence-corrected chi connectivity index (χ1v) is 6.65. The van der Waals surface area contributed by atoms with Crippen LogP contribution >= 0.6 is 0 Å². The molecule has 2 aromatic rings. The van der Waals surface area contributed by atoms with E-state index in [9.17, 15) is 9.18 Å². The second kappa shape index (κ2) is 6.31. The lowest BCUT2D eigenvalue weighted by atomic mass is 10.0. The van der Waals surface area contributed by atoms with E-state index >= 15 is 0 Å². The third kappa shape index (κ3) is 3.75.